The summed E-state index contributed by atoms with van der Waals surface area (Å²) in [6.07, 6.45) is 15.4. The molecule has 0 saturated heterocycles. The van der Waals surface area contributed by atoms with Crippen molar-refractivity contribution in [2.24, 2.45) is 11.8 Å². The predicted octanol–water partition coefficient (Wildman–Crippen LogP) is 6.92. The van der Waals surface area contributed by atoms with Gasteiger partial charge in [-0.25, -0.2) is 9.59 Å². The van der Waals surface area contributed by atoms with Crippen molar-refractivity contribution in [3.8, 4) is 0 Å². The maximum atomic E-state index is 10.2. The highest BCUT2D eigenvalue weighted by atomic mass is 16.4. The molecule has 0 bridgehead atoms. The number of carbonyl (C=O) groups is 2. The fourth-order valence-electron chi connectivity index (χ4n) is 4.37. The van der Waals surface area contributed by atoms with Crippen LogP contribution in [-0.2, 0) is 0 Å². The first-order valence-electron chi connectivity index (χ1n) is 11.1. The number of benzene rings is 2. The maximum absolute atomic E-state index is 10.2. The molecule has 2 aliphatic carbocycles. The van der Waals surface area contributed by atoms with E-state index in [2.05, 4.69) is 0 Å². The minimum Gasteiger partial charge on any atom is -0.478 e. The van der Waals surface area contributed by atoms with E-state index in [0.717, 1.165) is 11.8 Å². The summed E-state index contributed by atoms with van der Waals surface area (Å²) in [5.41, 5.74) is 0.662. The van der Waals surface area contributed by atoms with Crippen LogP contribution in [0.4, 0.5) is 0 Å². The third-order valence-corrected chi connectivity index (χ3v) is 6.01. The molecule has 30 heavy (non-hydrogen) atoms. The summed E-state index contributed by atoms with van der Waals surface area (Å²) in [7, 11) is 0. The van der Waals surface area contributed by atoms with Crippen molar-refractivity contribution in [1.29, 1.82) is 0 Å². The van der Waals surface area contributed by atoms with Crippen molar-refractivity contribution in [1.82, 2.24) is 0 Å². The van der Waals surface area contributed by atoms with Crippen LogP contribution in [0.25, 0.3) is 0 Å². The molecule has 0 spiro atoms. The van der Waals surface area contributed by atoms with Crippen molar-refractivity contribution in [2.75, 3.05) is 0 Å². The smallest absolute Gasteiger partial charge is 0.335 e. The van der Waals surface area contributed by atoms with Gasteiger partial charge in [0.25, 0.3) is 0 Å². The quantitative estimate of drug-likeness (QED) is 0.576. The van der Waals surface area contributed by atoms with Gasteiger partial charge in [0.05, 0.1) is 11.1 Å². The highest BCUT2D eigenvalue weighted by Gasteiger charge is 2.24. The molecule has 2 fully saturated rings. The van der Waals surface area contributed by atoms with Gasteiger partial charge in [-0.2, -0.15) is 0 Å². The zero-order valence-corrected chi connectivity index (χ0v) is 17.7. The first-order valence-corrected chi connectivity index (χ1v) is 11.1. The Balaban J connectivity index is 0.000000163. The molecule has 162 valence electrons. The molecule has 0 aliphatic heterocycles. The standard InChI is InChI=1S/C12H22.2C7H6O2/c1-3-7-11(8-4-1)12-9-5-2-6-10-12;2*8-7(9)6-4-2-1-3-5-6/h11-12H,1-10H2;2*1-5H,(H,8,9). The Hall–Kier alpha value is -2.62. The highest BCUT2D eigenvalue weighted by molar-refractivity contribution is 5.87. The Morgan fingerprint density at radius 1 is 0.533 bits per heavy atom. The lowest BCUT2D eigenvalue weighted by Crippen LogP contribution is -2.20. The van der Waals surface area contributed by atoms with Gasteiger partial charge in [0.15, 0.2) is 0 Å². The van der Waals surface area contributed by atoms with Crippen molar-refractivity contribution >= 4 is 11.9 Å². The first-order chi connectivity index (χ1) is 14.6. The van der Waals surface area contributed by atoms with E-state index >= 15 is 0 Å². The fraction of sp³-hybridized carbons (Fsp3) is 0.462. The van der Waals surface area contributed by atoms with Gasteiger partial charge >= 0.3 is 11.9 Å². The number of rotatable bonds is 3. The van der Waals surface area contributed by atoms with Crippen molar-refractivity contribution < 1.29 is 19.8 Å². The van der Waals surface area contributed by atoms with E-state index in [1.807, 2.05) is 0 Å². The summed E-state index contributed by atoms with van der Waals surface area (Å²) in [5.74, 6) is 0.518. The van der Waals surface area contributed by atoms with E-state index in [-0.39, 0.29) is 0 Å². The van der Waals surface area contributed by atoms with E-state index in [0.29, 0.717) is 11.1 Å². The molecule has 4 nitrogen and oxygen atoms in total. The molecule has 0 heterocycles. The summed E-state index contributed by atoms with van der Waals surface area (Å²) in [5, 5.41) is 16.8. The van der Waals surface area contributed by atoms with Gasteiger partial charge in [-0.15, -0.1) is 0 Å². The summed E-state index contributed by atoms with van der Waals surface area (Å²) in [6.45, 7) is 0. The van der Waals surface area contributed by atoms with E-state index in [4.69, 9.17) is 10.2 Å². The molecule has 4 rings (SSSR count). The Labute approximate surface area is 180 Å². The van der Waals surface area contributed by atoms with Crippen LogP contribution in [0.1, 0.15) is 84.9 Å². The molecule has 0 aromatic heterocycles. The summed E-state index contributed by atoms with van der Waals surface area (Å²) in [6, 6.07) is 16.6. The Morgan fingerprint density at radius 2 is 0.833 bits per heavy atom. The second-order valence-corrected chi connectivity index (χ2v) is 8.14. The predicted molar refractivity (Wildman–Crippen MR) is 120 cm³/mol. The van der Waals surface area contributed by atoms with Gasteiger partial charge in [-0.1, -0.05) is 101 Å². The number of aromatic carboxylic acids is 2. The van der Waals surface area contributed by atoms with E-state index in [1.165, 1.54) is 38.5 Å². The first kappa shape index (κ1) is 23.7. The van der Waals surface area contributed by atoms with Crippen molar-refractivity contribution in [3.05, 3.63) is 71.8 Å². The van der Waals surface area contributed by atoms with E-state index in [1.54, 1.807) is 86.3 Å². The maximum Gasteiger partial charge on any atom is 0.335 e. The molecule has 2 aromatic rings. The second kappa shape index (κ2) is 13.6. The average molecular weight is 411 g/mol. The average Bonchev–Trinajstić information content (AvgIpc) is 2.82. The minimum atomic E-state index is -0.879. The van der Waals surface area contributed by atoms with Crippen LogP contribution < -0.4 is 0 Å². The van der Waals surface area contributed by atoms with Crippen LogP contribution in [0.5, 0.6) is 0 Å². The number of hydrogen-bond donors (Lipinski definition) is 2. The van der Waals surface area contributed by atoms with Crippen molar-refractivity contribution in [2.45, 2.75) is 64.2 Å². The minimum absolute atomic E-state index is 0.331. The molecule has 0 atom stereocenters. The lowest BCUT2D eigenvalue weighted by Gasteiger charge is -2.32. The second-order valence-electron chi connectivity index (χ2n) is 8.14. The molecule has 0 unspecified atom stereocenters. The normalized spacial score (nSPS) is 16.9. The summed E-state index contributed by atoms with van der Waals surface area (Å²) in [4.78, 5) is 20.4. The zero-order valence-electron chi connectivity index (χ0n) is 17.7. The Kier molecular flexibility index (Phi) is 10.7. The lowest BCUT2D eigenvalue weighted by molar-refractivity contribution is 0.0686. The number of hydrogen-bond acceptors (Lipinski definition) is 2. The third-order valence-electron chi connectivity index (χ3n) is 6.01. The zero-order chi connectivity index (χ0) is 21.6. The highest BCUT2D eigenvalue weighted by Crippen LogP contribution is 2.37. The monoisotopic (exact) mass is 410 g/mol. The van der Waals surface area contributed by atoms with Gasteiger partial charge in [0, 0.05) is 0 Å². The molecule has 4 heteroatoms. The molecule has 2 saturated carbocycles. The van der Waals surface area contributed by atoms with Gasteiger partial charge < -0.3 is 10.2 Å². The van der Waals surface area contributed by atoms with Crippen LogP contribution in [0.2, 0.25) is 0 Å². The molecular weight excluding hydrogens is 376 g/mol. The van der Waals surface area contributed by atoms with Gasteiger partial charge in [0.2, 0.25) is 0 Å². The summed E-state index contributed by atoms with van der Waals surface area (Å²) >= 11 is 0. The number of carboxylic acids is 2. The van der Waals surface area contributed by atoms with Crippen LogP contribution in [0.3, 0.4) is 0 Å². The van der Waals surface area contributed by atoms with Gasteiger partial charge in [0.1, 0.15) is 0 Å². The Morgan fingerprint density at radius 3 is 1.07 bits per heavy atom. The largest absolute Gasteiger partial charge is 0.478 e. The molecule has 2 aromatic carbocycles. The van der Waals surface area contributed by atoms with E-state index < -0.39 is 11.9 Å². The van der Waals surface area contributed by atoms with Crippen LogP contribution >= 0.6 is 0 Å². The van der Waals surface area contributed by atoms with Crippen LogP contribution in [0.15, 0.2) is 60.7 Å². The lowest BCUT2D eigenvalue weighted by atomic mass is 9.73. The molecule has 0 amide bonds. The van der Waals surface area contributed by atoms with Gasteiger partial charge in [-0.3, -0.25) is 0 Å². The summed E-state index contributed by atoms with van der Waals surface area (Å²) < 4.78 is 0. The SMILES string of the molecule is C1CCC(C2CCCCC2)CC1.O=C(O)c1ccccc1.O=C(O)c1ccccc1. The van der Waals surface area contributed by atoms with Crippen LogP contribution in [-0.4, -0.2) is 22.2 Å². The van der Waals surface area contributed by atoms with Gasteiger partial charge in [-0.05, 0) is 36.1 Å². The molecule has 2 aliphatic rings. The Bertz CT molecular complexity index is 665. The topological polar surface area (TPSA) is 74.6 Å². The number of carboxylic acid groups (broad SMARTS) is 2. The molecule has 0 radical (unpaired) electrons. The third kappa shape index (κ3) is 8.81. The van der Waals surface area contributed by atoms with E-state index in [9.17, 15) is 9.59 Å². The fourth-order valence-corrected chi connectivity index (χ4v) is 4.37. The van der Waals surface area contributed by atoms with Crippen molar-refractivity contribution in [3.63, 3.8) is 0 Å². The molecular formula is C26H34O4. The molecule has 2 N–H and O–H groups in total. The van der Waals surface area contributed by atoms with Crippen LogP contribution in [0, 0.1) is 11.8 Å².